The first-order valence-corrected chi connectivity index (χ1v) is 7.85. The first-order chi connectivity index (χ1) is 11.5. The predicted molar refractivity (Wildman–Crippen MR) is 91.5 cm³/mol. The Morgan fingerprint density at radius 2 is 1.92 bits per heavy atom. The fourth-order valence-electron chi connectivity index (χ4n) is 2.42. The minimum Gasteiger partial charge on any atom is -0.465 e. The number of carbonyl (C=O) groups is 2. The molecule has 0 saturated carbocycles. The van der Waals surface area contributed by atoms with E-state index in [2.05, 4.69) is 9.72 Å². The number of benzene rings is 1. The smallest absolute Gasteiger partial charge is 0.337 e. The summed E-state index contributed by atoms with van der Waals surface area (Å²) in [6, 6.07) is 10.9. The lowest BCUT2D eigenvalue weighted by Gasteiger charge is -2.25. The highest BCUT2D eigenvalue weighted by molar-refractivity contribution is 5.89. The van der Waals surface area contributed by atoms with Gasteiger partial charge >= 0.3 is 5.97 Å². The molecule has 24 heavy (non-hydrogen) atoms. The molecule has 1 aromatic heterocycles. The molecular formula is C19H22N2O3. The maximum absolute atomic E-state index is 12.4. The van der Waals surface area contributed by atoms with Gasteiger partial charge in [-0.3, -0.25) is 9.78 Å². The molecule has 2 aromatic rings. The van der Waals surface area contributed by atoms with Crippen molar-refractivity contribution in [1.29, 1.82) is 0 Å². The molecule has 0 radical (unpaired) electrons. The number of rotatable bonds is 6. The number of hydrogen-bond acceptors (Lipinski definition) is 4. The van der Waals surface area contributed by atoms with Crippen molar-refractivity contribution in [2.24, 2.45) is 0 Å². The molecule has 1 unspecified atom stereocenters. The fraction of sp³-hybridized carbons (Fsp3) is 0.316. The number of aromatic nitrogens is 1. The topological polar surface area (TPSA) is 59.5 Å². The molecule has 1 aromatic carbocycles. The van der Waals surface area contributed by atoms with E-state index in [-0.39, 0.29) is 17.9 Å². The molecule has 126 valence electrons. The van der Waals surface area contributed by atoms with E-state index in [9.17, 15) is 9.59 Å². The van der Waals surface area contributed by atoms with Gasteiger partial charge in [-0.15, -0.1) is 0 Å². The SMILES string of the molecule is COC(=O)c1ccc(CCC(=O)N(C)C(C)c2cccnc2)cc1. The molecule has 0 bridgehead atoms. The van der Waals surface area contributed by atoms with Crippen LogP contribution < -0.4 is 0 Å². The highest BCUT2D eigenvalue weighted by Gasteiger charge is 2.17. The minimum absolute atomic E-state index is 0.0205. The standard InChI is InChI=1S/C19H22N2O3/c1-14(17-5-4-12-20-13-17)21(2)18(22)11-8-15-6-9-16(10-7-15)19(23)24-3/h4-7,9-10,12-14H,8,11H2,1-3H3. The van der Waals surface area contributed by atoms with Crippen molar-refractivity contribution in [3.8, 4) is 0 Å². The van der Waals surface area contributed by atoms with Crippen LogP contribution in [0.1, 0.15) is 40.9 Å². The molecule has 0 saturated heterocycles. The van der Waals surface area contributed by atoms with Crippen LogP contribution in [0.4, 0.5) is 0 Å². The fourth-order valence-corrected chi connectivity index (χ4v) is 2.42. The second-order valence-electron chi connectivity index (χ2n) is 5.66. The molecule has 1 atom stereocenters. The van der Waals surface area contributed by atoms with Crippen molar-refractivity contribution < 1.29 is 14.3 Å². The number of carbonyl (C=O) groups excluding carboxylic acids is 2. The van der Waals surface area contributed by atoms with Crippen molar-refractivity contribution in [2.45, 2.75) is 25.8 Å². The Morgan fingerprint density at radius 3 is 2.50 bits per heavy atom. The van der Waals surface area contributed by atoms with Gasteiger partial charge in [-0.2, -0.15) is 0 Å². The molecule has 0 spiro atoms. The van der Waals surface area contributed by atoms with Crippen LogP contribution in [0, 0.1) is 0 Å². The normalized spacial score (nSPS) is 11.6. The van der Waals surface area contributed by atoms with Crippen molar-refractivity contribution in [3.05, 3.63) is 65.5 Å². The van der Waals surface area contributed by atoms with E-state index in [1.54, 1.807) is 36.5 Å². The Hall–Kier alpha value is -2.69. The van der Waals surface area contributed by atoms with Crippen molar-refractivity contribution in [2.75, 3.05) is 14.2 Å². The van der Waals surface area contributed by atoms with Crippen LogP contribution in [-0.4, -0.2) is 35.9 Å². The summed E-state index contributed by atoms with van der Waals surface area (Å²) >= 11 is 0. The quantitative estimate of drug-likeness (QED) is 0.766. The lowest BCUT2D eigenvalue weighted by molar-refractivity contribution is -0.131. The number of aryl methyl sites for hydroxylation is 1. The Labute approximate surface area is 142 Å². The largest absolute Gasteiger partial charge is 0.465 e. The van der Waals surface area contributed by atoms with Crippen LogP contribution in [0.25, 0.3) is 0 Å². The molecule has 1 heterocycles. The zero-order valence-electron chi connectivity index (χ0n) is 14.2. The van der Waals surface area contributed by atoms with Gasteiger partial charge in [0.05, 0.1) is 18.7 Å². The average molecular weight is 326 g/mol. The number of ether oxygens (including phenoxy) is 1. The van der Waals surface area contributed by atoms with Crippen LogP contribution in [0.15, 0.2) is 48.8 Å². The molecule has 0 aliphatic carbocycles. The van der Waals surface area contributed by atoms with Crippen LogP contribution in [0.5, 0.6) is 0 Å². The summed E-state index contributed by atoms with van der Waals surface area (Å²) in [5, 5.41) is 0. The first-order valence-electron chi connectivity index (χ1n) is 7.85. The first kappa shape index (κ1) is 17.7. The minimum atomic E-state index is -0.359. The zero-order valence-corrected chi connectivity index (χ0v) is 14.2. The average Bonchev–Trinajstić information content (AvgIpc) is 2.65. The van der Waals surface area contributed by atoms with E-state index in [4.69, 9.17) is 0 Å². The molecular weight excluding hydrogens is 304 g/mol. The van der Waals surface area contributed by atoms with Crippen molar-refractivity contribution in [3.63, 3.8) is 0 Å². The van der Waals surface area contributed by atoms with Gasteiger partial charge in [0, 0.05) is 25.9 Å². The maximum atomic E-state index is 12.4. The van der Waals surface area contributed by atoms with Gasteiger partial charge in [0.1, 0.15) is 0 Å². The van der Waals surface area contributed by atoms with E-state index in [1.807, 2.05) is 31.2 Å². The van der Waals surface area contributed by atoms with Crippen LogP contribution in [-0.2, 0) is 16.0 Å². The Bertz CT molecular complexity index is 684. The van der Waals surface area contributed by atoms with Gasteiger partial charge in [-0.1, -0.05) is 18.2 Å². The summed E-state index contributed by atoms with van der Waals surface area (Å²) in [6.07, 6.45) is 4.54. The van der Waals surface area contributed by atoms with Gasteiger partial charge < -0.3 is 9.64 Å². The summed E-state index contributed by atoms with van der Waals surface area (Å²) < 4.78 is 4.67. The molecule has 0 N–H and O–H groups in total. The van der Waals surface area contributed by atoms with Crippen LogP contribution in [0.3, 0.4) is 0 Å². The molecule has 1 amide bonds. The molecule has 5 nitrogen and oxygen atoms in total. The van der Waals surface area contributed by atoms with E-state index >= 15 is 0 Å². The lowest BCUT2D eigenvalue weighted by atomic mass is 10.1. The van der Waals surface area contributed by atoms with Gasteiger partial charge in [0.2, 0.25) is 5.91 Å². The Morgan fingerprint density at radius 1 is 1.21 bits per heavy atom. The van der Waals surface area contributed by atoms with Crippen molar-refractivity contribution >= 4 is 11.9 Å². The summed E-state index contributed by atoms with van der Waals surface area (Å²) in [6.45, 7) is 1.99. The number of hydrogen-bond donors (Lipinski definition) is 0. The molecule has 0 aliphatic rings. The third-order valence-corrected chi connectivity index (χ3v) is 4.14. The number of nitrogens with zero attached hydrogens (tertiary/aromatic N) is 2. The van der Waals surface area contributed by atoms with Crippen LogP contribution in [0.2, 0.25) is 0 Å². The summed E-state index contributed by atoms with van der Waals surface area (Å²) in [7, 11) is 3.16. The van der Waals surface area contributed by atoms with Crippen LogP contribution >= 0.6 is 0 Å². The number of pyridine rings is 1. The number of methoxy groups -OCH3 is 1. The third-order valence-electron chi connectivity index (χ3n) is 4.14. The zero-order chi connectivity index (χ0) is 17.5. The number of esters is 1. The molecule has 0 aliphatic heterocycles. The molecule has 0 fully saturated rings. The Balaban J connectivity index is 1.91. The summed E-state index contributed by atoms with van der Waals surface area (Å²) in [4.78, 5) is 29.6. The van der Waals surface area contributed by atoms with Gasteiger partial charge in [-0.05, 0) is 42.7 Å². The van der Waals surface area contributed by atoms with Crippen molar-refractivity contribution in [1.82, 2.24) is 9.88 Å². The van der Waals surface area contributed by atoms with E-state index in [0.717, 1.165) is 11.1 Å². The highest BCUT2D eigenvalue weighted by Crippen LogP contribution is 2.18. The van der Waals surface area contributed by atoms with Gasteiger partial charge in [0.15, 0.2) is 0 Å². The molecule has 5 heteroatoms. The van der Waals surface area contributed by atoms with Gasteiger partial charge in [0.25, 0.3) is 0 Å². The summed E-state index contributed by atoms with van der Waals surface area (Å²) in [5.74, 6) is -0.286. The second-order valence-corrected chi connectivity index (χ2v) is 5.66. The summed E-state index contributed by atoms with van der Waals surface area (Å²) in [5.41, 5.74) is 2.53. The van der Waals surface area contributed by atoms with E-state index in [1.165, 1.54) is 7.11 Å². The van der Waals surface area contributed by atoms with Gasteiger partial charge in [-0.25, -0.2) is 4.79 Å². The Kier molecular flexibility index (Phi) is 6.07. The second kappa shape index (κ2) is 8.24. The lowest BCUT2D eigenvalue weighted by Crippen LogP contribution is -2.29. The maximum Gasteiger partial charge on any atom is 0.337 e. The molecule has 2 rings (SSSR count). The highest BCUT2D eigenvalue weighted by atomic mass is 16.5. The monoisotopic (exact) mass is 326 g/mol. The predicted octanol–water partition coefficient (Wildman–Crippen LogP) is 3.02. The van der Waals surface area contributed by atoms with E-state index < -0.39 is 0 Å². The number of amides is 1. The van der Waals surface area contributed by atoms with E-state index in [0.29, 0.717) is 18.4 Å². The third kappa shape index (κ3) is 4.41.